The lowest BCUT2D eigenvalue weighted by Crippen LogP contribution is -2.30. The minimum Gasteiger partial charge on any atom is -0.503 e. The van der Waals surface area contributed by atoms with Crippen molar-refractivity contribution >= 4 is 85.4 Å². The molecule has 1 unspecified atom stereocenters. The van der Waals surface area contributed by atoms with Crippen LogP contribution in [0.4, 0.5) is 5.13 Å². The Hall–Kier alpha value is -3.15. The first kappa shape index (κ1) is 25.1. The molecule has 0 fully saturated rings. The quantitative estimate of drug-likeness (QED) is 0.116. The Bertz CT molecular complexity index is 1700. The van der Waals surface area contributed by atoms with Crippen molar-refractivity contribution in [2.45, 2.75) is 16.1 Å². The van der Waals surface area contributed by atoms with Gasteiger partial charge in [0.15, 0.2) is 15.9 Å². The summed E-state index contributed by atoms with van der Waals surface area (Å²) in [5, 5.41) is 23.3. The lowest BCUT2D eigenvalue weighted by Gasteiger charge is -2.22. The average molecular weight is 601 g/mol. The number of benzene rings is 2. The summed E-state index contributed by atoms with van der Waals surface area (Å²) in [7, 11) is 0. The molecular formula is C26H15Cl2N3O4S3. The normalized spacial score (nSPS) is 15.7. The van der Waals surface area contributed by atoms with Crippen molar-refractivity contribution in [2.75, 3.05) is 4.90 Å². The van der Waals surface area contributed by atoms with E-state index in [1.807, 2.05) is 29.6 Å². The molecule has 3 aromatic heterocycles. The van der Waals surface area contributed by atoms with Gasteiger partial charge in [0.2, 0.25) is 10.9 Å². The van der Waals surface area contributed by atoms with Gasteiger partial charge in [0, 0.05) is 26.1 Å². The van der Waals surface area contributed by atoms with E-state index in [1.54, 1.807) is 36.4 Å². The molecule has 0 saturated heterocycles. The van der Waals surface area contributed by atoms with Gasteiger partial charge in [0.1, 0.15) is 11.6 Å². The van der Waals surface area contributed by atoms with Crippen LogP contribution >= 0.6 is 57.6 Å². The van der Waals surface area contributed by atoms with Gasteiger partial charge in [-0.3, -0.25) is 14.5 Å². The highest BCUT2D eigenvalue weighted by molar-refractivity contribution is 8.00. The van der Waals surface area contributed by atoms with Crippen LogP contribution in [0, 0.1) is 0 Å². The second-order valence-corrected chi connectivity index (χ2v) is 12.2. The zero-order chi connectivity index (χ0) is 26.4. The molecule has 190 valence electrons. The molecule has 1 amide bonds. The molecule has 5 aromatic rings. The van der Waals surface area contributed by atoms with Crippen LogP contribution in [0.3, 0.4) is 0 Å². The number of aromatic nitrogens is 2. The van der Waals surface area contributed by atoms with Crippen molar-refractivity contribution in [3.05, 3.63) is 104 Å². The van der Waals surface area contributed by atoms with Crippen LogP contribution in [0.5, 0.6) is 0 Å². The maximum atomic E-state index is 13.6. The highest BCUT2D eigenvalue weighted by atomic mass is 35.5. The van der Waals surface area contributed by atoms with Crippen molar-refractivity contribution in [1.82, 2.24) is 10.2 Å². The number of hydrogen-bond acceptors (Lipinski definition) is 9. The lowest BCUT2D eigenvalue weighted by molar-refractivity contribution is -0.117. The number of fused-ring (bicyclic) bond motifs is 1. The number of nitrogens with zero attached hydrogens (tertiary/aromatic N) is 3. The van der Waals surface area contributed by atoms with Crippen LogP contribution in [0.1, 0.15) is 27.0 Å². The summed E-state index contributed by atoms with van der Waals surface area (Å²) in [6.07, 6.45) is 0. The highest BCUT2D eigenvalue weighted by Gasteiger charge is 2.47. The number of thiophene rings is 1. The fourth-order valence-corrected chi connectivity index (χ4v) is 7.36. The molecule has 0 bridgehead atoms. The molecule has 1 N–H and O–H groups in total. The van der Waals surface area contributed by atoms with Gasteiger partial charge in [-0.15, -0.1) is 21.5 Å². The van der Waals surface area contributed by atoms with Gasteiger partial charge in [0.25, 0.3) is 5.91 Å². The zero-order valence-electron chi connectivity index (χ0n) is 19.1. The molecule has 0 aliphatic carbocycles. The number of Topliss-reactive ketones (excluding diaryl/α,β-unsaturated/α-hetero) is 1. The van der Waals surface area contributed by atoms with E-state index < -0.39 is 23.5 Å². The summed E-state index contributed by atoms with van der Waals surface area (Å²) in [5.41, 5.74) is 1.36. The van der Waals surface area contributed by atoms with Gasteiger partial charge in [0.05, 0.1) is 5.57 Å². The number of thioether (sulfide) groups is 1. The topological polar surface area (TPSA) is 96.5 Å². The number of halogens is 2. The first-order valence-corrected chi connectivity index (χ1v) is 14.6. The smallest absolute Gasteiger partial charge is 0.296 e. The maximum Gasteiger partial charge on any atom is 0.296 e. The number of anilines is 1. The number of carbonyl (C=O) groups excluding carboxylic acids is 2. The monoisotopic (exact) mass is 599 g/mol. The lowest BCUT2D eigenvalue weighted by atomic mass is 10.0. The van der Waals surface area contributed by atoms with Crippen LogP contribution in [0.25, 0.3) is 11.0 Å². The van der Waals surface area contributed by atoms with Crippen molar-refractivity contribution in [1.29, 1.82) is 0 Å². The van der Waals surface area contributed by atoms with Gasteiger partial charge in [-0.1, -0.05) is 76.6 Å². The minimum absolute atomic E-state index is 0.0392. The van der Waals surface area contributed by atoms with Crippen LogP contribution in [0.15, 0.2) is 86.1 Å². The van der Waals surface area contributed by atoms with E-state index in [2.05, 4.69) is 10.2 Å². The number of aliphatic hydroxyl groups excluding tert-OH is 1. The molecule has 0 saturated carbocycles. The van der Waals surface area contributed by atoms with E-state index in [0.717, 1.165) is 10.9 Å². The van der Waals surface area contributed by atoms with Gasteiger partial charge in [-0.05, 0) is 41.3 Å². The Labute approximate surface area is 238 Å². The first-order chi connectivity index (χ1) is 18.4. The van der Waals surface area contributed by atoms with Crippen molar-refractivity contribution < 1.29 is 19.1 Å². The predicted molar refractivity (Wildman–Crippen MR) is 151 cm³/mol. The predicted octanol–water partition coefficient (Wildman–Crippen LogP) is 7.73. The molecule has 38 heavy (non-hydrogen) atoms. The summed E-state index contributed by atoms with van der Waals surface area (Å²) in [6.45, 7) is 0. The van der Waals surface area contributed by atoms with Gasteiger partial charge >= 0.3 is 0 Å². The van der Waals surface area contributed by atoms with E-state index in [1.165, 1.54) is 39.3 Å². The van der Waals surface area contributed by atoms with Crippen molar-refractivity contribution in [3.8, 4) is 0 Å². The molecule has 4 heterocycles. The number of rotatable bonds is 7. The molecule has 2 aromatic carbocycles. The Morgan fingerprint density at radius 2 is 1.95 bits per heavy atom. The van der Waals surface area contributed by atoms with Crippen molar-refractivity contribution in [3.63, 3.8) is 0 Å². The third-order valence-corrected chi connectivity index (χ3v) is 9.50. The van der Waals surface area contributed by atoms with Gasteiger partial charge in [-0.25, -0.2) is 0 Å². The largest absolute Gasteiger partial charge is 0.503 e. The summed E-state index contributed by atoms with van der Waals surface area (Å²) in [6, 6.07) is 16.9. The molecule has 1 aliphatic heterocycles. The maximum absolute atomic E-state index is 13.6. The Morgan fingerprint density at radius 3 is 2.71 bits per heavy atom. The third kappa shape index (κ3) is 4.52. The molecule has 0 radical (unpaired) electrons. The molecule has 1 aliphatic rings. The fourth-order valence-electron chi connectivity index (χ4n) is 4.11. The number of ketones is 1. The molecule has 0 spiro atoms. The Kier molecular flexibility index (Phi) is 6.75. The first-order valence-electron chi connectivity index (χ1n) is 11.1. The SMILES string of the molecule is O=C(C1=C(O)C(=O)N(c2nnc(SCc3ccc(Cl)cc3Cl)s2)C1c1cccs1)c1cc2ccccc2o1. The number of aliphatic hydroxyl groups is 1. The molecule has 12 heteroatoms. The third-order valence-electron chi connectivity index (χ3n) is 5.88. The van der Waals surface area contributed by atoms with E-state index in [-0.39, 0.29) is 16.5 Å². The van der Waals surface area contributed by atoms with E-state index >= 15 is 0 Å². The molecule has 6 rings (SSSR count). The van der Waals surface area contributed by atoms with Crippen LogP contribution in [-0.4, -0.2) is 27.0 Å². The summed E-state index contributed by atoms with van der Waals surface area (Å²) < 4.78 is 6.36. The zero-order valence-corrected chi connectivity index (χ0v) is 23.1. The number of carbonyl (C=O) groups is 2. The molecule has 1 atom stereocenters. The standard InChI is InChI=1S/C26H15Cl2N3O4S3/c27-15-8-7-14(16(28)11-15)12-37-26-30-29-25(38-26)31-21(19-6-3-9-36-19)20(23(33)24(31)34)22(32)18-10-13-4-1-2-5-17(13)35-18/h1-11,21,33H,12H2. The summed E-state index contributed by atoms with van der Waals surface area (Å²) in [4.78, 5) is 29.0. The van der Waals surface area contributed by atoms with E-state index in [0.29, 0.717) is 30.6 Å². The second-order valence-electron chi connectivity index (χ2n) is 8.21. The van der Waals surface area contributed by atoms with Crippen LogP contribution in [-0.2, 0) is 10.5 Å². The van der Waals surface area contributed by atoms with Crippen molar-refractivity contribution in [2.24, 2.45) is 0 Å². The Morgan fingerprint density at radius 1 is 1.11 bits per heavy atom. The highest BCUT2D eigenvalue weighted by Crippen LogP contribution is 2.45. The molecular weight excluding hydrogens is 585 g/mol. The van der Waals surface area contributed by atoms with Crippen LogP contribution in [0.2, 0.25) is 10.0 Å². The van der Waals surface area contributed by atoms with E-state index in [9.17, 15) is 14.7 Å². The molecule has 7 nitrogen and oxygen atoms in total. The minimum atomic E-state index is -0.875. The van der Waals surface area contributed by atoms with Gasteiger partial charge in [-0.2, -0.15) is 0 Å². The Balaban J connectivity index is 1.32. The average Bonchev–Trinajstić information content (AvgIpc) is 3.70. The van der Waals surface area contributed by atoms with Crippen LogP contribution < -0.4 is 4.90 Å². The number of para-hydroxylation sites is 1. The van der Waals surface area contributed by atoms with Gasteiger partial charge < -0.3 is 9.52 Å². The second kappa shape index (κ2) is 10.2. The van der Waals surface area contributed by atoms with E-state index in [4.69, 9.17) is 27.6 Å². The fraction of sp³-hybridized carbons (Fsp3) is 0.0769. The number of amides is 1. The summed E-state index contributed by atoms with van der Waals surface area (Å²) >= 11 is 16.2. The number of hydrogen-bond donors (Lipinski definition) is 1. The summed E-state index contributed by atoms with van der Waals surface area (Å²) in [5.74, 6) is -1.36. The number of furan rings is 1.